The van der Waals surface area contributed by atoms with Crippen LogP contribution in [0.25, 0.3) is 0 Å². The molecule has 1 unspecified atom stereocenters. The lowest BCUT2D eigenvalue weighted by molar-refractivity contribution is -0.159. The maximum Gasteiger partial charge on any atom is 0.329 e. The summed E-state index contributed by atoms with van der Waals surface area (Å²) < 4.78 is 11.1. The van der Waals surface area contributed by atoms with Crippen LogP contribution < -0.4 is 5.32 Å². The van der Waals surface area contributed by atoms with Gasteiger partial charge in [-0.1, -0.05) is 137 Å². The molecule has 14 heteroatoms. The number of benzene rings is 3. The van der Waals surface area contributed by atoms with Crippen molar-refractivity contribution in [1.29, 1.82) is 0 Å². The second-order valence-electron chi connectivity index (χ2n) is 18.9. The monoisotopic (exact) mass is 941 g/mol. The summed E-state index contributed by atoms with van der Waals surface area (Å²) in [6, 6.07) is 31.0. The summed E-state index contributed by atoms with van der Waals surface area (Å²) in [6.45, 7) is 17.3. The third-order valence-corrected chi connectivity index (χ3v) is 16.2. The second-order valence-corrected chi connectivity index (χ2v) is 27.7. The number of carbonyl (C=O) groups excluding carboxylic acids is 3. The maximum absolute atomic E-state index is 14.2. The van der Waals surface area contributed by atoms with Crippen LogP contribution in [0.5, 0.6) is 0 Å². The molecule has 0 aliphatic carbocycles. The van der Waals surface area contributed by atoms with Crippen LogP contribution in [0.2, 0.25) is 25.7 Å². The number of nitrogens with zero attached hydrogens (tertiary/aromatic N) is 2. The van der Waals surface area contributed by atoms with E-state index in [9.17, 15) is 24.3 Å². The number of ether oxygens (including phenoxy) is 2. The van der Waals surface area contributed by atoms with Gasteiger partial charge in [-0.15, -0.1) is 34.9 Å². The number of carbonyl (C=O) groups is 4. The molecule has 3 aromatic carbocycles. The number of allylic oxidation sites excluding steroid dienone is 1. The molecular weight excluding hydrogens is 879 g/mol. The van der Waals surface area contributed by atoms with Gasteiger partial charge in [-0.05, 0) is 75.0 Å². The van der Waals surface area contributed by atoms with Gasteiger partial charge in [0.2, 0.25) is 5.91 Å². The molecule has 1 amide bonds. The molecule has 0 spiro atoms. The molecule has 10 nitrogen and oxygen atoms in total. The second kappa shape index (κ2) is 22.1. The van der Waals surface area contributed by atoms with E-state index in [0.717, 1.165) is 22.7 Å². The first-order chi connectivity index (χ1) is 30.2. The topological polar surface area (TPSA) is 144 Å². The van der Waals surface area contributed by atoms with Crippen LogP contribution in [0.4, 0.5) is 0 Å². The molecule has 4 atom stereocenters. The Hall–Kier alpha value is -4.50. The minimum atomic E-state index is -1.67. The van der Waals surface area contributed by atoms with Gasteiger partial charge in [-0.2, -0.15) is 0 Å². The Morgan fingerprint density at radius 3 is 1.98 bits per heavy atom. The summed E-state index contributed by atoms with van der Waals surface area (Å²) in [7, 11) is -1.67. The molecule has 0 saturated heterocycles. The lowest BCUT2D eigenvalue weighted by Crippen LogP contribution is -2.53. The van der Waals surface area contributed by atoms with Crippen molar-refractivity contribution in [2.45, 2.75) is 115 Å². The molecule has 5 rings (SSSR count). The van der Waals surface area contributed by atoms with Gasteiger partial charge in [-0.3, -0.25) is 19.4 Å². The summed E-state index contributed by atoms with van der Waals surface area (Å²) in [6.07, 6.45) is 3.55. The zero-order valence-electron chi connectivity index (χ0n) is 38.5. The van der Waals surface area contributed by atoms with Crippen LogP contribution in [0, 0.1) is 11.8 Å². The minimum Gasteiger partial charge on any atom is -0.481 e. The number of esters is 2. The van der Waals surface area contributed by atoms with Crippen LogP contribution in [0.3, 0.4) is 0 Å². The number of nitrogens with one attached hydrogen (secondary N) is 1. The predicted octanol–water partition coefficient (Wildman–Crippen LogP) is 10.4. The molecule has 1 aliphatic heterocycles. The molecule has 0 saturated carbocycles. The zero-order chi connectivity index (χ0) is 46.7. The summed E-state index contributed by atoms with van der Waals surface area (Å²) in [5.74, 6) is -2.93. The molecule has 0 fully saturated rings. The summed E-state index contributed by atoms with van der Waals surface area (Å²) in [5, 5.41) is 16.5. The number of thioether (sulfide) groups is 2. The molecule has 342 valence electrons. The fourth-order valence-electron chi connectivity index (χ4n) is 7.29. The summed E-state index contributed by atoms with van der Waals surface area (Å²) in [5.41, 5.74) is 2.19. The first-order valence-electron chi connectivity index (χ1n) is 21.8. The Morgan fingerprint density at radius 2 is 1.48 bits per heavy atom. The van der Waals surface area contributed by atoms with Crippen molar-refractivity contribution >= 4 is 71.8 Å². The molecule has 1 aliphatic rings. The number of carboxylic acids is 1. The average molecular weight is 942 g/mol. The molecule has 1 aromatic heterocycles. The van der Waals surface area contributed by atoms with Gasteiger partial charge in [0.15, 0.2) is 0 Å². The third kappa shape index (κ3) is 13.8. The molecule has 4 aromatic rings. The molecule has 2 N–H and O–H groups in total. The quantitative estimate of drug-likeness (QED) is 0.0272. The number of amides is 1. The van der Waals surface area contributed by atoms with E-state index >= 15 is 0 Å². The highest BCUT2D eigenvalue weighted by molar-refractivity contribution is 8.14. The standard InChI is InChI=1S/C50H63N3O7S3Si/c1-34(2)43(52-47(58)49(6)33-62-44(53-49)39-32-61-41(51-39)31-42(54)60-48(3,4)5)46(57)59-40(38(45(55)56)28-30-64(7,8)9)27-19-20-29-63-50(35-21-13-10-14-22-35,36-23-15-11-16-24-36)37-25-17-12-18-26-37/h10-19,21-27,32,34,38,40,43H,20,28-31,33H2,1-9H3,(H,52,58)(H,55,56)/b27-19+/t38?,40-,43-,49-/m0/s1. The Kier molecular flexibility index (Phi) is 17.5. The van der Waals surface area contributed by atoms with Crippen molar-refractivity contribution in [3.05, 3.63) is 136 Å². The molecule has 64 heavy (non-hydrogen) atoms. The highest BCUT2D eigenvalue weighted by atomic mass is 32.2. The van der Waals surface area contributed by atoms with Crippen molar-refractivity contribution in [1.82, 2.24) is 10.3 Å². The first kappa shape index (κ1) is 50.5. The van der Waals surface area contributed by atoms with Crippen molar-refractivity contribution in [2.75, 3.05) is 11.5 Å². The van der Waals surface area contributed by atoms with E-state index < -0.39 is 59.9 Å². The van der Waals surface area contributed by atoms with E-state index in [-0.39, 0.29) is 18.3 Å². The van der Waals surface area contributed by atoms with Gasteiger partial charge in [0.1, 0.15) is 39.0 Å². The Bertz CT molecular complexity index is 2160. The molecular formula is C50H63N3O7S3Si. The van der Waals surface area contributed by atoms with Gasteiger partial charge < -0.3 is 19.9 Å². The average Bonchev–Trinajstić information content (AvgIpc) is 3.87. The fraction of sp³-hybridized carbons (Fsp3) is 0.440. The highest BCUT2D eigenvalue weighted by Crippen LogP contribution is 2.48. The Labute approximate surface area is 392 Å². The number of hydrogen-bond donors (Lipinski definition) is 2. The van der Waals surface area contributed by atoms with E-state index in [0.29, 0.717) is 40.1 Å². The van der Waals surface area contributed by atoms with Crippen LogP contribution in [0.1, 0.15) is 81.8 Å². The minimum absolute atomic E-state index is 0.0311. The maximum atomic E-state index is 14.2. The lowest BCUT2D eigenvalue weighted by atomic mass is 9.84. The van der Waals surface area contributed by atoms with Gasteiger partial charge in [-0.25, -0.2) is 9.78 Å². The number of rotatable bonds is 21. The number of carboxylic acid groups (broad SMARTS) is 1. The van der Waals surface area contributed by atoms with Crippen molar-refractivity contribution in [3.8, 4) is 0 Å². The van der Waals surface area contributed by atoms with Crippen LogP contribution in [-0.4, -0.2) is 81.8 Å². The fourth-order valence-corrected chi connectivity index (χ4v) is 11.9. The number of aromatic nitrogens is 1. The van der Waals surface area contributed by atoms with Crippen LogP contribution >= 0.6 is 34.9 Å². The summed E-state index contributed by atoms with van der Waals surface area (Å²) >= 11 is 4.51. The highest BCUT2D eigenvalue weighted by Gasteiger charge is 2.43. The SMILES string of the molecule is CC(C)[C@H](NC(=O)[C@]1(C)CSC(c2csc(CC(=O)OC(C)(C)C)n2)=N1)C(=O)O[C@@H](/C=C/CCSC(c1ccccc1)(c1ccccc1)c1ccccc1)C(CC[Si](C)(C)C)C(=O)O. The van der Waals surface area contributed by atoms with E-state index in [1.165, 1.54) is 23.1 Å². The predicted molar refractivity (Wildman–Crippen MR) is 265 cm³/mol. The first-order valence-corrected chi connectivity index (χ1v) is 28.4. The Morgan fingerprint density at radius 1 is 0.922 bits per heavy atom. The number of hydrogen-bond acceptors (Lipinski definition) is 11. The van der Waals surface area contributed by atoms with E-state index in [2.05, 4.69) is 103 Å². The molecule has 0 radical (unpaired) electrons. The Balaban J connectivity index is 1.34. The smallest absolute Gasteiger partial charge is 0.329 e. The van der Waals surface area contributed by atoms with E-state index in [4.69, 9.17) is 14.5 Å². The largest absolute Gasteiger partial charge is 0.481 e. The summed E-state index contributed by atoms with van der Waals surface area (Å²) in [4.78, 5) is 62.9. The van der Waals surface area contributed by atoms with Crippen LogP contribution in [0.15, 0.2) is 114 Å². The van der Waals surface area contributed by atoms with Crippen molar-refractivity contribution in [2.24, 2.45) is 16.8 Å². The number of thiazole rings is 1. The van der Waals surface area contributed by atoms with Gasteiger partial charge in [0, 0.05) is 19.2 Å². The molecule has 2 heterocycles. The van der Waals surface area contributed by atoms with E-state index in [1.54, 1.807) is 24.8 Å². The lowest BCUT2D eigenvalue weighted by Gasteiger charge is -2.35. The van der Waals surface area contributed by atoms with E-state index in [1.807, 2.05) is 64.3 Å². The van der Waals surface area contributed by atoms with Crippen molar-refractivity contribution in [3.63, 3.8) is 0 Å². The number of aliphatic imine (C=N–C) groups is 1. The van der Waals surface area contributed by atoms with Crippen molar-refractivity contribution < 1.29 is 33.8 Å². The normalized spacial score (nSPS) is 17.1. The van der Waals surface area contributed by atoms with Crippen LogP contribution in [-0.2, 0) is 39.8 Å². The molecule has 0 bridgehead atoms. The van der Waals surface area contributed by atoms with Gasteiger partial charge in [0.05, 0.1) is 17.1 Å². The van der Waals surface area contributed by atoms with Gasteiger partial charge >= 0.3 is 17.9 Å². The van der Waals surface area contributed by atoms with Gasteiger partial charge in [0.25, 0.3) is 0 Å². The zero-order valence-corrected chi connectivity index (χ0v) is 41.9. The number of aliphatic carboxylic acids is 1. The third-order valence-electron chi connectivity index (χ3n) is 10.7.